The van der Waals surface area contributed by atoms with Crippen LogP contribution in [0.5, 0.6) is 0 Å². The van der Waals surface area contributed by atoms with Crippen molar-refractivity contribution in [3.05, 3.63) is 17.0 Å². The molecule has 0 radical (unpaired) electrons. The Bertz CT molecular complexity index is 426. The summed E-state index contributed by atoms with van der Waals surface area (Å²) in [5.41, 5.74) is 7.01. The average molecular weight is 288 g/mol. The van der Waals surface area contributed by atoms with E-state index in [0.29, 0.717) is 35.9 Å². The van der Waals surface area contributed by atoms with Crippen molar-refractivity contribution < 1.29 is 9.32 Å². The first-order chi connectivity index (χ1) is 8.67. The molecule has 1 fully saturated rings. The van der Waals surface area contributed by atoms with E-state index in [4.69, 9.17) is 10.3 Å². The zero-order valence-electron chi connectivity index (χ0n) is 11.5. The number of likely N-dealkylation sites (tertiary alicyclic amines) is 1. The molecule has 1 aromatic heterocycles. The minimum Gasteiger partial charge on any atom is -0.360 e. The molecule has 1 aliphatic heterocycles. The molecule has 2 heterocycles. The highest BCUT2D eigenvalue weighted by molar-refractivity contribution is 5.96. The van der Waals surface area contributed by atoms with Gasteiger partial charge in [-0.3, -0.25) is 4.79 Å². The molecule has 6 heteroatoms. The number of hydrogen-bond donors (Lipinski definition) is 1. The van der Waals surface area contributed by atoms with Gasteiger partial charge in [0.15, 0.2) is 0 Å². The number of hydrogen-bond acceptors (Lipinski definition) is 4. The van der Waals surface area contributed by atoms with Crippen LogP contribution in [-0.2, 0) is 6.42 Å². The Morgan fingerprint density at radius 1 is 1.47 bits per heavy atom. The van der Waals surface area contributed by atoms with Crippen LogP contribution in [0.3, 0.4) is 0 Å². The number of piperidine rings is 1. The largest absolute Gasteiger partial charge is 0.360 e. The number of aromatic nitrogens is 1. The lowest BCUT2D eigenvalue weighted by atomic mass is 9.96. The Morgan fingerprint density at radius 2 is 2.11 bits per heavy atom. The number of nitrogens with two attached hydrogens (primary N) is 1. The molecule has 2 N–H and O–H groups in total. The summed E-state index contributed by atoms with van der Waals surface area (Å²) in [7, 11) is 0. The normalized spacial score (nSPS) is 16.3. The second-order valence-corrected chi connectivity index (χ2v) is 4.89. The van der Waals surface area contributed by atoms with Crippen LogP contribution in [0.25, 0.3) is 0 Å². The fraction of sp³-hybridized carbons (Fsp3) is 0.692. The predicted molar refractivity (Wildman–Crippen MR) is 75.5 cm³/mol. The molecule has 1 amide bonds. The zero-order chi connectivity index (χ0) is 13.1. The van der Waals surface area contributed by atoms with Gasteiger partial charge < -0.3 is 15.2 Å². The van der Waals surface area contributed by atoms with Gasteiger partial charge in [0.25, 0.3) is 5.91 Å². The van der Waals surface area contributed by atoms with Gasteiger partial charge in [-0.2, -0.15) is 0 Å². The van der Waals surface area contributed by atoms with Crippen LogP contribution in [0.2, 0.25) is 0 Å². The van der Waals surface area contributed by atoms with Gasteiger partial charge in [-0.05, 0) is 32.2 Å². The van der Waals surface area contributed by atoms with E-state index >= 15 is 0 Å². The molecule has 108 valence electrons. The highest BCUT2D eigenvalue weighted by atomic mass is 35.5. The van der Waals surface area contributed by atoms with Crippen LogP contribution >= 0.6 is 12.4 Å². The summed E-state index contributed by atoms with van der Waals surface area (Å²) in [6, 6.07) is 0. The lowest BCUT2D eigenvalue weighted by Gasteiger charge is -2.31. The summed E-state index contributed by atoms with van der Waals surface area (Å²) in [4.78, 5) is 14.3. The molecule has 0 bridgehead atoms. The van der Waals surface area contributed by atoms with E-state index in [1.54, 1.807) is 0 Å². The Balaban J connectivity index is 0.00000180. The molecule has 2 rings (SSSR count). The van der Waals surface area contributed by atoms with Gasteiger partial charge in [-0.25, -0.2) is 0 Å². The minimum absolute atomic E-state index is 0. The van der Waals surface area contributed by atoms with Gasteiger partial charge in [0.1, 0.15) is 11.3 Å². The van der Waals surface area contributed by atoms with Gasteiger partial charge in [-0.1, -0.05) is 12.1 Å². The first kappa shape index (κ1) is 16.0. The van der Waals surface area contributed by atoms with Crippen molar-refractivity contribution in [3.63, 3.8) is 0 Å². The van der Waals surface area contributed by atoms with Crippen LogP contribution in [0.4, 0.5) is 0 Å². The maximum atomic E-state index is 12.5. The Labute approximate surface area is 119 Å². The summed E-state index contributed by atoms with van der Waals surface area (Å²) in [6.07, 6.45) is 2.68. The van der Waals surface area contributed by atoms with Crippen molar-refractivity contribution in [2.75, 3.05) is 19.6 Å². The van der Waals surface area contributed by atoms with Crippen LogP contribution < -0.4 is 5.73 Å². The molecule has 0 saturated carbocycles. The molecule has 0 spiro atoms. The molecule has 1 saturated heterocycles. The third kappa shape index (κ3) is 3.28. The number of carbonyl (C=O) groups is 1. The molecule has 0 aliphatic carbocycles. The van der Waals surface area contributed by atoms with Gasteiger partial charge in [0.05, 0.1) is 5.69 Å². The van der Waals surface area contributed by atoms with Gasteiger partial charge in [0, 0.05) is 19.5 Å². The average Bonchev–Trinajstić information content (AvgIpc) is 2.79. The molecule has 1 aliphatic rings. The van der Waals surface area contributed by atoms with Crippen molar-refractivity contribution in [1.29, 1.82) is 0 Å². The Hall–Kier alpha value is -1.07. The monoisotopic (exact) mass is 287 g/mol. The number of carbonyl (C=O) groups excluding carboxylic acids is 1. The molecule has 0 aromatic carbocycles. The van der Waals surface area contributed by atoms with E-state index in [0.717, 1.165) is 25.9 Å². The first-order valence-corrected chi connectivity index (χ1v) is 6.61. The number of nitrogens with zero attached hydrogens (tertiary/aromatic N) is 2. The smallest absolute Gasteiger partial charge is 0.259 e. The van der Waals surface area contributed by atoms with Gasteiger partial charge >= 0.3 is 0 Å². The minimum atomic E-state index is 0. The van der Waals surface area contributed by atoms with Gasteiger partial charge in [0.2, 0.25) is 0 Å². The molecule has 19 heavy (non-hydrogen) atoms. The van der Waals surface area contributed by atoms with Crippen LogP contribution in [-0.4, -0.2) is 35.6 Å². The van der Waals surface area contributed by atoms with E-state index in [2.05, 4.69) is 5.16 Å². The fourth-order valence-corrected chi connectivity index (χ4v) is 2.46. The summed E-state index contributed by atoms with van der Waals surface area (Å²) < 4.78 is 5.18. The Morgan fingerprint density at radius 3 is 2.63 bits per heavy atom. The molecule has 5 nitrogen and oxygen atoms in total. The second kappa shape index (κ2) is 6.91. The molecule has 0 unspecified atom stereocenters. The van der Waals surface area contributed by atoms with Crippen molar-refractivity contribution in [2.45, 2.75) is 33.1 Å². The van der Waals surface area contributed by atoms with E-state index in [9.17, 15) is 4.79 Å². The lowest BCUT2D eigenvalue weighted by Crippen LogP contribution is -2.40. The van der Waals surface area contributed by atoms with Crippen molar-refractivity contribution >= 4 is 18.3 Å². The number of halogens is 1. The molecular weight excluding hydrogens is 266 g/mol. The zero-order valence-corrected chi connectivity index (χ0v) is 12.3. The predicted octanol–water partition coefficient (Wildman–Crippen LogP) is 1.78. The SMILES string of the molecule is CCc1onc(C)c1C(=O)N1CCC(CN)CC1.Cl. The summed E-state index contributed by atoms with van der Waals surface area (Å²) in [5.74, 6) is 1.31. The standard InChI is InChI=1S/C13H21N3O2.ClH/c1-3-11-12(9(2)15-18-11)13(17)16-6-4-10(8-14)5-7-16;/h10H,3-8,14H2,1-2H3;1H. The van der Waals surface area contributed by atoms with E-state index in [-0.39, 0.29) is 18.3 Å². The highest BCUT2D eigenvalue weighted by Gasteiger charge is 2.27. The second-order valence-electron chi connectivity index (χ2n) is 4.89. The van der Waals surface area contributed by atoms with Gasteiger partial charge in [-0.15, -0.1) is 12.4 Å². The van der Waals surface area contributed by atoms with E-state index < -0.39 is 0 Å². The number of aryl methyl sites for hydroxylation is 2. The number of amides is 1. The quantitative estimate of drug-likeness (QED) is 0.920. The highest BCUT2D eigenvalue weighted by Crippen LogP contribution is 2.21. The summed E-state index contributed by atoms with van der Waals surface area (Å²) in [6.45, 7) is 6.08. The van der Waals surface area contributed by atoms with Crippen LogP contribution in [0.1, 0.15) is 41.6 Å². The van der Waals surface area contributed by atoms with E-state index in [1.807, 2.05) is 18.7 Å². The van der Waals surface area contributed by atoms with E-state index in [1.165, 1.54) is 0 Å². The third-order valence-electron chi connectivity index (χ3n) is 3.70. The van der Waals surface area contributed by atoms with Crippen molar-refractivity contribution in [1.82, 2.24) is 10.1 Å². The topological polar surface area (TPSA) is 72.4 Å². The van der Waals surface area contributed by atoms with Crippen molar-refractivity contribution in [2.24, 2.45) is 11.7 Å². The maximum absolute atomic E-state index is 12.5. The lowest BCUT2D eigenvalue weighted by molar-refractivity contribution is 0.0690. The third-order valence-corrected chi connectivity index (χ3v) is 3.70. The maximum Gasteiger partial charge on any atom is 0.259 e. The summed E-state index contributed by atoms with van der Waals surface area (Å²) >= 11 is 0. The first-order valence-electron chi connectivity index (χ1n) is 6.61. The fourth-order valence-electron chi connectivity index (χ4n) is 2.46. The molecular formula is C13H22ClN3O2. The van der Waals surface area contributed by atoms with Crippen LogP contribution in [0.15, 0.2) is 4.52 Å². The van der Waals surface area contributed by atoms with Crippen molar-refractivity contribution in [3.8, 4) is 0 Å². The molecule has 0 atom stereocenters. The number of rotatable bonds is 3. The Kier molecular flexibility index (Phi) is 5.82. The van der Waals surface area contributed by atoms with Crippen LogP contribution in [0, 0.1) is 12.8 Å². The molecule has 1 aromatic rings. The summed E-state index contributed by atoms with van der Waals surface area (Å²) in [5, 5.41) is 3.89.